The number of nitrogens with one attached hydrogen (secondary N) is 3. The van der Waals surface area contributed by atoms with Gasteiger partial charge in [0.15, 0.2) is 0 Å². The maximum absolute atomic E-state index is 12.6. The number of amides is 2. The Kier molecular flexibility index (Phi) is 6.37. The highest BCUT2D eigenvalue weighted by Gasteiger charge is 2.23. The van der Waals surface area contributed by atoms with Crippen LogP contribution in [0.3, 0.4) is 0 Å². The summed E-state index contributed by atoms with van der Waals surface area (Å²) in [5.41, 5.74) is 2.01. The molecular formula is C18H25N3O3. The minimum Gasteiger partial charge on any atom is -0.383 e. The Bertz CT molecular complexity index is 696. The predicted molar refractivity (Wildman–Crippen MR) is 93.7 cm³/mol. The highest BCUT2D eigenvalue weighted by Crippen LogP contribution is 2.19. The van der Waals surface area contributed by atoms with E-state index in [1.165, 1.54) is 6.92 Å². The predicted octanol–water partition coefficient (Wildman–Crippen LogP) is 1.76. The summed E-state index contributed by atoms with van der Waals surface area (Å²) in [4.78, 5) is 27.3. The van der Waals surface area contributed by atoms with Gasteiger partial charge in [-0.1, -0.05) is 25.1 Å². The average molecular weight is 331 g/mol. The van der Waals surface area contributed by atoms with Crippen LogP contribution in [0, 0.1) is 0 Å². The highest BCUT2D eigenvalue weighted by atomic mass is 16.5. The molecule has 1 heterocycles. The number of ether oxygens (including phenoxy) is 1. The molecule has 3 N–H and O–H groups in total. The summed E-state index contributed by atoms with van der Waals surface area (Å²) in [6.07, 6.45) is 3.08. The number of hydrogen-bond acceptors (Lipinski definition) is 3. The molecule has 6 nitrogen and oxygen atoms in total. The summed E-state index contributed by atoms with van der Waals surface area (Å²) in [7, 11) is 1.60. The molecule has 1 aromatic heterocycles. The van der Waals surface area contributed by atoms with E-state index in [0.717, 1.165) is 22.9 Å². The molecule has 1 aromatic carbocycles. The Morgan fingerprint density at radius 3 is 2.67 bits per heavy atom. The topological polar surface area (TPSA) is 83.2 Å². The van der Waals surface area contributed by atoms with Crippen LogP contribution in [-0.2, 0) is 20.7 Å². The zero-order valence-corrected chi connectivity index (χ0v) is 14.4. The number of fused-ring (bicyclic) bond motifs is 1. The number of hydrogen-bond donors (Lipinski definition) is 3. The fourth-order valence-corrected chi connectivity index (χ4v) is 2.74. The van der Waals surface area contributed by atoms with E-state index >= 15 is 0 Å². The normalized spacial score (nSPS) is 13.5. The molecular weight excluding hydrogens is 306 g/mol. The maximum Gasteiger partial charge on any atom is 0.243 e. The third kappa shape index (κ3) is 4.58. The minimum atomic E-state index is -0.618. The molecule has 130 valence electrons. The van der Waals surface area contributed by atoms with Gasteiger partial charge in [0, 0.05) is 37.6 Å². The van der Waals surface area contributed by atoms with Gasteiger partial charge in [-0.3, -0.25) is 9.59 Å². The SMILES string of the molecule is CCC(COC)NC(=O)C(Cc1c[nH]c2ccccc12)NC(C)=O. The first-order valence-corrected chi connectivity index (χ1v) is 8.16. The third-order valence-corrected chi connectivity index (χ3v) is 4.00. The van der Waals surface area contributed by atoms with Gasteiger partial charge in [-0.15, -0.1) is 0 Å². The Morgan fingerprint density at radius 1 is 1.25 bits per heavy atom. The van der Waals surface area contributed by atoms with Gasteiger partial charge in [0.2, 0.25) is 11.8 Å². The standard InChI is InChI=1S/C18H25N3O3/c1-4-14(11-24-3)21-18(23)17(20-12(2)22)9-13-10-19-16-8-6-5-7-15(13)16/h5-8,10,14,17,19H,4,9,11H2,1-3H3,(H,20,22)(H,21,23). The lowest BCUT2D eigenvalue weighted by Gasteiger charge is -2.22. The smallest absolute Gasteiger partial charge is 0.243 e. The molecule has 0 radical (unpaired) electrons. The Hall–Kier alpha value is -2.34. The van der Waals surface area contributed by atoms with Crippen LogP contribution in [0.4, 0.5) is 0 Å². The molecule has 2 aromatic rings. The number of carbonyl (C=O) groups excluding carboxylic acids is 2. The zero-order chi connectivity index (χ0) is 17.5. The van der Waals surface area contributed by atoms with Gasteiger partial charge >= 0.3 is 0 Å². The molecule has 0 saturated carbocycles. The first kappa shape index (κ1) is 18.0. The van der Waals surface area contributed by atoms with Gasteiger partial charge in [-0.25, -0.2) is 0 Å². The van der Waals surface area contributed by atoms with Gasteiger partial charge in [-0.05, 0) is 18.1 Å². The Balaban J connectivity index is 2.15. The fraction of sp³-hybridized carbons (Fsp3) is 0.444. The van der Waals surface area contributed by atoms with E-state index in [0.29, 0.717) is 13.0 Å². The molecule has 0 aliphatic rings. The number of aromatic amines is 1. The summed E-state index contributed by atoms with van der Waals surface area (Å²) in [5.74, 6) is -0.422. The van der Waals surface area contributed by atoms with E-state index in [1.807, 2.05) is 37.4 Å². The van der Waals surface area contributed by atoms with Crippen LogP contribution in [0.25, 0.3) is 10.9 Å². The number of carbonyl (C=O) groups is 2. The monoisotopic (exact) mass is 331 g/mol. The van der Waals surface area contributed by atoms with Gasteiger partial charge in [0.1, 0.15) is 6.04 Å². The van der Waals surface area contributed by atoms with Crippen LogP contribution in [0.2, 0.25) is 0 Å². The van der Waals surface area contributed by atoms with E-state index in [-0.39, 0.29) is 17.9 Å². The first-order valence-electron chi connectivity index (χ1n) is 8.16. The van der Waals surface area contributed by atoms with Crippen LogP contribution in [-0.4, -0.2) is 42.6 Å². The molecule has 0 spiro atoms. The summed E-state index contributed by atoms with van der Waals surface area (Å²) >= 11 is 0. The number of para-hydroxylation sites is 1. The number of H-pyrrole nitrogens is 1. The van der Waals surface area contributed by atoms with Crippen molar-refractivity contribution < 1.29 is 14.3 Å². The number of methoxy groups -OCH3 is 1. The maximum atomic E-state index is 12.6. The van der Waals surface area contributed by atoms with Crippen molar-refractivity contribution >= 4 is 22.7 Å². The van der Waals surface area contributed by atoms with Crippen molar-refractivity contribution in [2.45, 2.75) is 38.8 Å². The number of benzene rings is 1. The molecule has 0 bridgehead atoms. The third-order valence-electron chi connectivity index (χ3n) is 4.00. The quantitative estimate of drug-likeness (QED) is 0.689. The molecule has 2 rings (SSSR count). The van der Waals surface area contributed by atoms with Crippen molar-refractivity contribution in [3.8, 4) is 0 Å². The average Bonchev–Trinajstić information content (AvgIpc) is 2.96. The largest absolute Gasteiger partial charge is 0.383 e. The van der Waals surface area contributed by atoms with Crippen LogP contribution in [0.1, 0.15) is 25.8 Å². The highest BCUT2D eigenvalue weighted by molar-refractivity contribution is 5.89. The second kappa shape index (κ2) is 8.49. The molecule has 0 fully saturated rings. The van der Waals surface area contributed by atoms with Crippen LogP contribution in [0.15, 0.2) is 30.5 Å². The molecule has 0 saturated heterocycles. The van der Waals surface area contributed by atoms with Gasteiger partial charge in [0.25, 0.3) is 0 Å². The first-order chi connectivity index (χ1) is 11.5. The molecule has 2 amide bonds. The Morgan fingerprint density at radius 2 is 2.00 bits per heavy atom. The molecule has 2 atom stereocenters. The summed E-state index contributed by atoms with van der Waals surface area (Å²) in [6.45, 7) is 3.85. The van der Waals surface area contributed by atoms with Crippen molar-refractivity contribution in [1.82, 2.24) is 15.6 Å². The fourth-order valence-electron chi connectivity index (χ4n) is 2.74. The van der Waals surface area contributed by atoms with E-state index in [4.69, 9.17) is 4.74 Å². The summed E-state index contributed by atoms with van der Waals surface area (Å²) < 4.78 is 5.11. The Labute approximate surface area is 142 Å². The minimum absolute atomic E-state index is 0.0678. The van der Waals surface area contributed by atoms with Gasteiger partial charge < -0.3 is 20.4 Å². The molecule has 2 unspecified atom stereocenters. The molecule has 0 aliphatic heterocycles. The lowest BCUT2D eigenvalue weighted by atomic mass is 10.0. The van der Waals surface area contributed by atoms with Crippen LogP contribution >= 0.6 is 0 Å². The van der Waals surface area contributed by atoms with Gasteiger partial charge in [-0.2, -0.15) is 0 Å². The summed E-state index contributed by atoms with van der Waals surface area (Å²) in [5, 5.41) is 6.75. The number of rotatable bonds is 8. The lowest BCUT2D eigenvalue weighted by Crippen LogP contribution is -2.51. The number of aromatic nitrogens is 1. The van der Waals surface area contributed by atoms with Crippen LogP contribution < -0.4 is 10.6 Å². The van der Waals surface area contributed by atoms with E-state index in [9.17, 15) is 9.59 Å². The van der Waals surface area contributed by atoms with E-state index < -0.39 is 6.04 Å². The van der Waals surface area contributed by atoms with Crippen molar-refractivity contribution in [3.05, 3.63) is 36.0 Å². The second-order valence-electron chi connectivity index (χ2n) is 5.89. The van der Waals surface area contributed by atoms with E-state index in [2.05, 4.69) is 15.6 Å². The molecule has 6 heteroatoms. The van der Waals surface area contributed by atoms with E-state index in [1.54, 1.807) is 7.11 Å². The second-order valence-corrected chi connectivity index (χ2v) is 5.89. The van der Waals surface area contributed by atoms with Crippen molar-refractivity contribution in [2.75, 3.05) is 13.7 Å². The van der Waals surface area contributed by atoms with Crippen LogP contribution in [0.5, 0.6) is 0 Å². The van der Waals surface area contributed by atoms with Crippen molar-refractivity contribution in [1.29, 1.82) is 0 Å². The van der Waals surface area contributed by atoms with Crippen molar-refractivity contribution in [3.63, 3.8) is 0 Å². The summed E-state index contributed by atoms with van der Waals surface area (Å²) in [6, 6.07) is 7.21. The van der Waals surface area contributed by atoms with Crippen molar-refractivity contribution in [2.24, 2.45) is 0 Å². The zero-order valence-electron chi connectivity index (χ0n) is 14.4. The molecule has 24 heavy (non-hydrogen) atoms. The molecule has 0 aliphatic carbocycles. The lowest BCUT2D eigenvalue weighted by molar-refractivity contribution is -0.128. The van der Waals surface area contributed by atoms with Gasteiger partial charge in [0.05, 0.1) is 12.6 Å².